The van der Waals surface area contributed by atoms with Crippen molar-refractivity contribution in [2.24, 2.45) is 0 Å². The third-order valence-electron chi connectivity index (χ3n) is 3.02. The SMILES string of the molecule is CC(=O)N(C)c1ccccc1C(=O)N[C@H](C(=O)O)[C@@H](C)O. The number of aliphatic hydroxyl groups excluding tert-OH is 1. The van der Waals surface area contributed by atoms with E-state index in [4.69, 9.17) is 5.11 Å². The molecule has 2 atom stereocenters. The van der Waals surface area contributed by atoms with Crippen LogP contribution in [0, 0.1) is 0 Å². The fourth-order valence-corrected chi connectivity index (χ4v) is 1.74. The van der Waals surface area contributed by atoms with Crippen LogP contribution in [0.2, 0.25) is 0 Å². The number of carboxylic acids is 1. The summed E-state index contributed by atoms with van der Waals surface area (Å²) in [5.74, 6) is -2.27. The number of aliphatic hydroxyl groups is 1. The molecule has 7 heteroatoms. The van der Waals surface area contributed by atoms with Crippen LogP contribution in [0.25, 0.3) is 0 Å². The Kier molecular flexibility index (Phi) is 5.43. The average molecular weight is 294 g/mol. The van der Waals surface area contributed by atoms with E-state index in [1.54, 1.807) is 18.2 Å². The first-order chi connectivity index (χ1) is 9.75. The number of rotatable bonds is 5. The van der Waals surface area contributed by atoms with Crippen molar-refractivity contribution in [1.82, 2.24) is 5.32 Å². The molecule has 21 heavy (non-hydrogen) atoms. The summed E-state index contributed by atoms with van der Waals surface area (Å²) < 4.78 is 0. The smallest absolute Gasteiger partial charge is 0.328 e. The minimum absolute atomic E-state index is 0.155. The van der Waals surface area contributed by atoms with Crippen LogP contribution in [-0.2, 0) is 9.59 Å². The number of hydrogen-bond donors (Lipinski definition) is 3. The van der Waals surface area contributed by atoms with Gasteiger partial charge in [-0.05, 0) is 19.1 Å². The maximum Gasteiger partial charge on any atom is 0.328 e. The molecule has 0 spiro atoms. The molecule has 0 aliphatic heterocycles. The Labute approximate surface area is 122 Å². The van der Waals surface area contributed by atoms with E-state index in [9.17, 15) is 19.5 Å². The molecule has 114 valence electrons. The predicted octanol–water partition coefficient (Wildman–Crippen LogP) is 0.233. The Balaban J connectivity index is 3.08. The Hall–Kier alpha value is -2.41. The number of carboxylic acid groups (broad SMARTS) is 1. The van der Waals surface area contributed by atoms with Gasteiger partial charge in [0.15, 0.2) is 6.04 Å². The lowest BCUT2D eigenvalue weighted by molar-refractivity contribution is -0.141. The van der Waals surface area contributed by atoms with E-state index in [0.717, 1.165) is 0 Å². The van der Waals surface area contributed by atoms with Gasteiger partial charge in [0.05, 0.1) is 17.4 Å². The van der Waals surface area contributed by atoms with Gasteiger partial charge in [0.2, 0.25) is 5.91 Å². The second-order valence-electron chi connectivity index (χ2n) is 4.63. The van der Waals surface area contributed by atoms with Gasteiger partial charge in [0.1, 0.15) is 0 Å². The lowest BCUT2D eigenvalue weighted by Crippen LogP contribution is -2.47. The van der Waals surface area contributed by atoms with Crippen molar-refractivity contribution in [3.8, 4) is 0 Å². The molecule has 3 N–H and O–H groups in total. The standard InChI is InChI=1S/C14H18N2O5/c1-8(17)12(14(20)21)15-13(19)10-6-4-5-7-11(10)16(3)9(2)18/h4-8,12,17H,1-3H3,(H,15,19)(H,20,21)/t8-,12+/m1/s1. The van der Waals surface area contributed by atoms with Gasteiger partial charge in [-0.25, -0.2) is 4.79 Å². The summed E-state index contributed by atoms with van der Waals surface area (Å²) in [7, 11) is 1.51. The molecule has 0 saturated heterocycles. The third-order valence-corrected chi connectivity index (χ3v) is 3.02. The average Bonchev–Trinajstić information content (AvgIpc) is 2.42. The van der Waals surface area contributed by atoms with Gasteiger partial charge in [-0.3, -0.25) is 9.59 Å². The fourth-order valence-electron chi connectivity index (χ4n) is 1.74. The molecule has 0 aliphatic carbocycles. The number of nitrogens with zero attached hydrogens (tertiary/aromatic N) is 1. The van der Waals surface area contributed by atoms with Crippen molar-refractivity contribution in [3.63, 3.8) is 0 Å². The van der Waals surface area contributed by atoms with Crippen molar-refractivity contribution >= 4 is 23.5 Å². The maximum atomic E-state index is 12.2. The number of aliphatic carboxylic acids is 1. The first-order valence-electron chi connectivity index (χ1n) is 6.30. The largest absolute Gasteiger partial charge is 0.480 e. The molecule has 7 nitrogen and oxygen atoms in total. The van der Waals surface area contributed by atoms with Crippen LogP contribution in [0.5, 0.6) is 0 Å². The normalized spacial score (nSPS) is 13.1. The summed E-state index contributed by atoms with van der Waals surface area (Å²) in [4.78, 5) is 35.9. The molecule has 0 saturated carbocycles. The molecule has 1 aromatic rings. The number of hydrogen-bond acceptors (Lipinski definition) is 4. The van der Waals surface area contributed by atoms with E-state index >= 15 is 0 Å². The molecule has 2 amide bonds. The first-order valence-corrected chi connectivity index (χ1v) is 6.30. The molecule has 1 rings (SSSR count). The zero-order valence-corrected chi connectivity index (χ0v) is 12.0. The number of anilines is 1. The van der Waals surface area contributed by atoms with E-state index < -0.39 is 24.0 Å². The van der Waals surface area contributed by atoms with Crippen LogP contribution in [0.4, 0.5) is 5.69 Å². The highest BCUT2D eigenvalue weighted by Gasteiger charge is 2.26. The highest BCUT2D eigenvalue weighted by atomic mass is 16.4. The van der Waals surface area contributed by atoms with Crippen LogP contribution < -0.4 is 10.2 Å². The van der Waals surface area contributed by atoms with E-state index in [2.05, 4.69) is 5.32 Å². The molecule has 0 aromatic heterocycles. The fraction of sp³-hybridized carbons (Fsp3) is 0.357. The van der Waals surface area contributed by atoms with E-state index in [1.807, 2.05) is 0 Å². The summed E-state index contributed by atoms with van der Waals surface area (Å²) in [6, 6.07) is 4.90. The van der Waals surface area contributed by atoms with E-state index in [0.29, 0.717) is 5.69 Å². The van der Waals surface area contributed by atoms with Crippen LogP contribution in [0.15, 0.2) is 24.3 Å². The monoisotopic (exact) mass is 294 g/mol. The minimum atomic E-state index is -1.42. The van der Waals surface area contributed by atoms with Crippen LogP contribution in [-0.4, -0.2) is 47.2 Å². The van der Waals surface area contributed by atoms with Crippen molar-refractivity contribution < 1.29 is 24.6 Å². The van der Waals surface area contributed by atoms with Crippen molar-refractivity contribution in [1.29, 1.82) is 0 Å². The molecule has 1 aromatic carbocycles. The number of nitrogens with one attached hydrogen (secondary N) is 1. The molecule has 0 unspecified atom stereocenters. The molecule has 0 aliphatic rings. The Morgan fingerprint density at radius 3 is 2.29 bits per heavy atom. The molecular weight excluding hydrogens is 276 g/mol. The van der Waals surface area contributed by atoms with Crippen LogP contribution in [0.3, 0.4) is 0 Å². The predicted molar refractivity (Wildman–Crippen MR) is 76.1 cm³/mol. The Morgan fingerprint density at radius 1 is 1.24 bits per heavy atom. The highest BCUT2D eigenvalue weighted by Crippen LogP contribution is 2.19. The minimum Gasteiger partial charge on any atom is -0.480 e. The van der Waals surface area contributed by atoms with Gasteiger partial charge in [0.25, 0.3) is 5.91 Å². The number of benzene rings is 1. The quantitative estimate of drug-likeness (QED) is 0.721. The summed E-state index contributed by atoms with van der Waals surface area (Å²) in [5, 5.41) is 20.6. The third kappa shape index (κ3) is 4.03. The van der Waals surface area contributed by atoms with Gasteiger partial charge in [-0.15, -0.1) is 0 Å². The second kappa shape index (κ2) is 6.85. The van der Waals surface area contributed by atoms with Crippen LogP contribution in [0.1, 0.15) is 24.2 Å². The molecule has 0 bridgehead atoms. The van der Waals surface area contributed by atoms with Gasteiger partial charge in [0, 0.05) is 14.0 Å². The molecule has 0 radical (unpaired) electrons. The lowest BCUT2D eigenvalue weighted by atomic mass is 10.1. The summed E-state index contributed by atoms with van der Waals surface area (Å²) in [6.07, 6.45) is -1.25. The van der Waals surface area contributed by atoms with E-state index in [-0.39, 0.29) is 11.5 Å². The zero-order chi connectivity index (χ0) is 16.2. The Bertz CT molecular complexity index is 556. The van der Waals surface area contributed by atoms with E-state index in [1.165, 1.54) is 31.9 Å². The van der Waals surface area contributed by atoms with Gasteiger partial charge < -0.3 is 20.4 Å². The van der Waals surface area contributed by atoms with Gasteiger partial charge in [-0.1, -0.05) is 12.1 Å². The van der Waals surface area contributed by atoms with Gasteiger partial charge >= 0.3 is 5.97 Å². The van der Waals surface area contributed by atoms with Crippen LogP contribution >= 0.6 is 0 Å². The lowest BCUT2D eigenvalue weighted by Gasteiger charge is -2.21. The molecule has 0 fully saturated rings. The summed E-state index contributed by atoms with van der Waals surface area (Å²) in [5.41, 5.74) is 0.513. The van der Waals surface area contributed by atoms with Crippen molar-refractivity contribution in [3.05, 3.63) is 29.8 Å². The number of para-hydroxylation sites is 1. The highest BCUT2D eigenvalue weighted by molar-refractivity contribution is 6.05. The molecular formula is C14H18N2O5. The number of carbonyl (C=O) groups excluding carboxylic acids is 2. The second-order valence-corrected chi connectivity index (χ2v) is 4.63. The number of carbonyl (C=O) groups is 3. The zero-order valence-electron chi connectivity index (χ0n) is 12.0. The number of amides is 2. The summed E-state index contributed by atoms with van der Waals surface area (Å²) >= 11 is 0. The van der Waals surface area contributed by atoms with Crippen molar-refractivity contribution in [2.75, 3.05) is 11.9 Å². The topological polar surface area (TPSA) is 107 Å². The first kappa shape index (κ1) is 16.6. The van der Waals surface area contributed by atoms with Crippen molar-refractivity contribution in [2.45, 2.75) is 26.0 Å². The maximum absolute atomic E-state index is 12.2. The Morgan fingerprint density at radius 2 is 1.81 bits per heavy atom. The van der Waals surface area contributed by atoms with Gasteiger partial charge in [-0.2, -0.15) is 0 Å². The molecule has 0 heterocycles. The summed E-state index contributed by atoms with van der Waals surface area (Å²) in [6.45, 7) is 2.62.